The third kappa shape index (κ3) is 3.25. The van der Waals surface area contributed by atoms with Crippen molar-refractivity contribution >= 4 is 54.2 Å². The molecule has 0 aliphatic carbocycles. The Bertz CT molecular complexity index is 726. The second-order valence-corrected chi connectivity index (χ2v) is 6.27. The van der Waals surface area contributed by atoms with E-state index in [1.165, 1.54) is 18.3 Å². The zero-order valence-corrected chi connectivity index (χ0v) is 14.9. The van der Waals surface area contributed by atoms with Crippen LogP contribution in [0, 0.1) is 0 Å². The molecule has 0 atom stereocenters. The van der Waals surface area contributed by atoms with Crippen molar-refractivity contribution in [2.45, 2.75) is 20.8 Å². The van der Waals surface area contributed by atoms with Crippen LogP contribution < -0.4 is 10.1 Å². The smallest absolute Gasteiger partial charge is 0.341 e. The van der Waals surface area contributed by atoms with Crippen molar-refractivity contribution in [3.63, 3.8) is 0 Å². The number of rotatable bonds is 5. The minimum absolute atomic E-state index is 0.242. The van der Waals surface area contributed by atoms with Crippen LogP contribution in [-0.4, -0.2) is 25.1 Å². The molecule has 0 spiro atoms. The van der Waals surface area contributed by atoms with Crippen LogP contribution in [0.5, 0.6) is 5.75 Å². The number of ether oxygens (including phenoxy) is 2. The maximum Gasteiger partial charge on any atom is 0.341 e. The summed E-state index contributed by atoms with van der Waals surface area (Å²) in [6.45, 7) is 5.80. The standard InChI is InChI=1S/C15H16BrNO4S/c1-4-20-12-10(16)7-6-9-11(15(19)21-5-2)14(17-8(3)18)22-13(9)12/h6-7H,4-5H2,1-3H3,(H,17,18). The minimum atomic E-state index is -0.456. The molecular weight excluding hydrogens is 370 g/mol. The molecule has 1 aromatic heterocycles. The lowest BCUT2D eigenvalue weighted by Gasteiger charge is -2.07. The number of fused-ring (bicyclic) bond motifs is 1. The number of esters is 1. The molecule has 0 saturated carbocycles. The van der Waals surface area contributed by atoms with E-state index in [1.54, 1.807) is 6.92 Å². The van der Waals surface area contributed by atoms with Gasteiger partial charge < -0.3 is 14.8 Å². The molecule has 1 heterocycles. The Labute approximate surface area is 140 Å². The zero-order valence-electron chi connectivity index (χ0n) is 12.5. The van der Waals surface area contributed by atoms with Crippen LogP contribution in [0.1, 0.15) is 31.1 Å². The van der Waals surface area contributed by atoms with Crippen LogP contribution >= 0.6 is 27.3 Å². The normalized spacial score (nSPS) is 10.5. The first-order chi connectivity index (χ1) is 10.5. The van der Waals surface area contributed by atoms with Crippen molar-refractivity contribution in [2.75, 3.05) is 18.5 Å². The molecule has 2 rings (SSSR count). The van der Waals surface area contributed by atoms with Crippen molar-refractivity contribution < 1.29 is 19.1 Å². The van der Waals surface area contributed by atoms with E-state index >= 15 is 0 Å². The van der Waals surface area contributed by atoms with Gasteiger partial charge in [-0.3, -0.25) is 4.79 Å². The molecule has 2 aromatic rings. The zero-order chi connectivity index (χ0) is 16.3. The van der Waals surface area contributed by atoms with E-state index in [4.69, 9.17) is 9.47 Å². The molecule has 0 radical (unpaired) electrons. The van der Waals surface area contributed by atoms with Gasteiger partial charge in [-0.15, -0.1) is 11.3 Å². The third-order valence-corrected chi connectivity index (χ3v) is 4.57. The molecule has 0 bridgehead atoms. The molecule has 0 saturated heterocycles. The van der Waals surface area contributed by atoms with E-state index in [2.05, 4.69) is 21.2 Å². The maximum atomic E-state index is 12.3. The highest BCUT2D eigenvalue weighted by molar-refractivity contribution is 9.10. The number of benzene rings is 1. The van der Waals surface area contributed by atoms with Crippen LogP contribution in [0.2, 0.25) is 0 Å². The van der Waals surface area contributed by atoms with Gasteiger partial charge in [-0.2, -0.15) is 0 Å². The Kier molecular flexibility index (Phi) is 5.42. The summed E-state index contributed by atoms with van der Waals surface area (Å²) in [4.78, 5) is 23.7. The molecule has 1 N–H and O–H groups in total. The number of thiophene rings is 1. The van der Waals surface area contributed by atoms with E-state index in [9.17, 15) is 9.59 Å². The van der Waals surface area contributed by atoms with Gasteiger partial charge in [0, 0.05) is 12.3 Å². The number of carbonyl (C=O) groups excluding carboxylic acids is 2. The van der Waals surface area contributed by atoms with Crippen molar-refractivity contribution in [2.24, 2.45) is 0 Å². The largest absolute Gasteiger partial charge is 0.491 e. The van der Waals surface area contributed by atoms with Gasteiger partial charge in [0.15, 0.2) is 5.75 Å². The molecule has 0 aliphatic heterocycles. The Morgan fingerprint density at radius 2 is 2.00 bits per heavy atom. The van der Waals surface area contributed by atoms with Gasteiger partial charge in [0.1, 0.15) is 10.6 Å². The predicted octanol–water partition coefficient (Wildman–Crippen LogP) is 4.20. The first-order valence-corrected chi connectivity index (χ1v) is 8.43. The number of carbonyl (C=O) groups is 2. The topological polar surface area (TPSA) is 64.6 Å². The van der Waals surface area contributed by atoms with Crippen molar-refractivity contribution in [1.29, 1.82) is 0 Å². The van der Waals surface area contributed by atoms with E-state index in [-0.39, 0.29) is 12.5 Å². The Balaban J connectivity index is 2.70. The second kappa shape index (κ2) is 7.11. The highest BCUT2D eigenvalue weighted by Gasteiger charge is 2.23. The van der Waals surface area contributed by atoms with Crippen LogP contribution in [0.15, 0.2) is 16.6 Å². The number of halogens is 1. The van der Waals surface area contributed by atoms with E-state index in [0.717, 1.165) is 9.17 Å². The molecular formula is C15H16BrNO4S. The van der Waals surface area contributed by atoms with Crippen molar-refractivity contribution in [3.05, 3.63) is 22.2 Å². The molecule has 0 fully saturated rings. The summed E-state index contributed by atoms with van der Waals surface area (Å²) in [5.74, 6) is -0.0384. The van der Waals surface area contributed by atoms with Gasteiger partial charge >= 0.3 is 5.97 Å². The van der Waals surface area contributed by atoms with Gasteiger partial charge in [0.05, 0.1) is 22.4 Å². The van der Waals surface area contributed by atoms with Crippen molar-refractivity contribution in [1.82, 2.24) is 0 Å². The monoisotopic (exact) mass is 385 g/mol. The number of hydrogen-bond acceptors (Lipinski definition) is 5. The van der Waals surface area contributed by atoms with Crippen LogP contribution in [-0.2, 0) is 9.53 Å². The fourth-order valence-electron chi connectivity index (χ4n) is 2.04. The molecule has 5 nitrogen and oxygen atoms in total. The first kappa shape index (κ1) is 16.8. The summed E-state index contributed by atoms with van der Waals surface area (Å²) in [6.07, 6.45) is 0. The number of amides is 1. The summed E-state index contributed by atoms with van der Waals surface area (Å²) >= 11 is 4.75. The Hall–Kier alpha value is -1.60. The lowest BCUT2D eigenvalue weighted by atomic mass is 10.1. The lowest BCUT2D eigenvalue weighted by molar-refractivity contribution is -0.114. The first-order valence-electron chi connectivity index (χ1n) is 6.82. The average Bonchev–Trinajstić information content (AvgIpc) is 2.80. The van der Waals surface area contributed by atoms with Gasteiger partial charge in [-0.25, -0.2) is 4.79 Å². The van der Waals surface area contributed by atoms with Gasteiger partial charge in [-0.1, -0.05) is 6.07 Å². The highest BCUT2D eigenvalue weighted by atomic mass is 79.9. The molecule has 0 aliphatic rings. The van der Waals surface area contributed by atoms with Crippen LogP contribution in [0.25, 0.3) is 10.1 Å². The third-order valence-electron chi connectivity index (χ3n) is 2.82. The van der Waals surface area contributed by atoms with Crippen LogP contribution in [0.3, 0.4) is 0 Å². The molecule has 118 valence electrons. The van der Waals surface area contributed by atoms with Gasteiger partial charge in [0.2, 0.25) is 5.91 Å². The maximum absolute atomic E-state index is 12.3. The SMILES string of the molecule is CCOC(=O)c1c(NC(C)=O)sc2c(OCC)c(Br)ccc12. The molecule has 1 amide bonds. The van der Waals surface area contributed by atoms with Crippen LogP contribution in [0.4, 0.5) is 5.00 Å². The van der Waals surface area contributed by atoms with Gasteiger partial charge in [-0.05, 0) is 35.8 Å². The summed E-state index contributed by atoms with van der Waals surface area (Å²) in [5, 5.41) is 3.88. The molecule has 1 aromatic carbocycles. The average molecular weight is 386 g/mol. The van der Waals surface area contributed by atoms with E-state index < -0.39 is 5.97 Å². The summed E-state index contributed by atoms with van der Waals surface area (Å²) in [6, 6.07) is 3.64. The number of anilines is 1. The second-order valence-electron chi connectivity index (χ2n) is 4.39. The number of nitrogens with one attached hydrogen (secondary N) is 1. The summed E-state index contributed by atoms with van der Waals surface area (Å²) in [7, 11) is 0. The Morgan fingerprint density at radius 3 is 2.59 bits per heavy atom. The highest BCUT2D eigenvalue weighted by Crippen LogP contribution is 2.44. The molecule has 0 unspecified atom stereocenters. The fourth-order valence-corrected chi connectivity index (χ4v) is 3.86. The minimum Gasteiger partial charge on any atom is -0.491 e. The lowest BCUT2D eigenvalue weighted by Crippen LogP contribution is -2.10. The predicted molar refractivity (Wildman–Crippen MR) is 91.0 cm³/mol. The quantitative estimate of drug-likeness (QED) is 0.783. The number of hydrogen-bond donors (Lipinski definition) is 1. The van der Waals surface area contributed by atoms with Gasteiger partial charge in [0.25, 0.3) is 0 Å². The van der Waals surface area contributed by atoms with Crippen molar-refractivity contribution in [3.8, 4) is 5.75 Å². The van der Waals surface area contributed by atoms with E-state index in [0.29, 0.717) is 28.3 Å². The Morgan fingerprint density at radius 1 is 1.27 bits per heavy atom. The summed E-state index contributed by atoms with van der Waals surface area (Å²) < 4.78 is 12.4. The molecule has 22 heavy (non-hydrogen) atoms. The van der Waals surface area contributed by atoms with E-state index in [1.807, 2.05) is 19.1 Å². The fraction of sp³-hybridized carbons (Fsp3) is 0.333. The molecule has 7 heteroatoms. The summed E-state index contributed by atoms with van der Waals surface area (Å²) in [5.41, 5.74) is 0.366.